The van der Waals surface area contributed by atoms with E-state index in [1.807, 2.05) is 0 Å². The van der Waals surface area contributed by atoms with Gasteiger partial charge in [0.1, 0.15) is 18.5 Å². The lowest BCUT2D eigenvalue weighted by Crippen LogP contribution is -2.38. The number of ether oxygens (including phenoxy) is 1. The minimum Gasteiger partial charge on any atom is -0.491 e. The Morgan fingerprint density at radius 3 is 2.57 bits per heavy atom. The van der Waals surface area contributed by atoms with Gasteiger partial charge in [-0.15, -0.1) is 0 Å². The highest BCUT2D eigenvalue weighted by atomic mass is 35.5. The summed E-state index contributed by atoms with van der Waals surface area (Å²) in [5.41, 5.74) is -0.393. The first-order valence-corrected chi connectivity index (χ1v) is 10.2. The van der Waals surface area contributed by atoms with E-state index in [0.717, 1.165) is 17.4 Å². The number of rotatable bonds is 9. The van der Waals surface area contributed by atoms with Gasteiger partial charge >= 0.3 is 5.69 Å². The number of aliphatic hydroxyl groups is 1. The molecular formula is C20H26ClN5O4. The van der Waals surface area contributed by atoms with Gasteiger partial charge in [-0.2, -0.15) is 4.98 Å². The highest BCUT2D eigenvalue weighted by Gasteiger charge is 2.21. The van der Waals surface area contributed by atoms with Crippen LogP contribution in [0.1, 0.15) is 19.8 Å². The van der Waals surface area contributed by atoms with Gasteiger partial charge in [-0.1, -0.05) is 24.9 Å². The Hall–Kier alpha value is -2.78. The minimum absolute atomic E-state index is 0.0157. The molecule has 3 rings (SSSR count). The summed E-state index contributed by atoms with van der Waals surface area (Å²) in [4.78, 5) is 29.5. The van der Waals surface area contributed by atoms with Crippen LogP contribution in [0.25, 0.3) is 11.2 Å². The van der Waals surface area contributed by atoms with Crippen LogP contribution in [-0.2, 0) is 20.6 Å². The Morgan fingerprint density at radius 2 is 1.90 bits per heavy atom. The van der Waals surface area contributed by atoms with E-state index in [2.05, 4.69) is 17.2 Å². The molecule has 0 aliphatic rings. The monoisotopic (exact) mass is 435 g/mol. The van der Waals surface area contributed by atoms with Gasteiger partial charge in [0.25, 0.3) is 5.56 Å². The molecule has 2 heterocycles. The Balaban J connectivity index is 1.91. The molecule has 0 bridgehead atoms. The Morgan fingerprint density at radius 1 is 1.20 bits per heavy atom. The van der Waals surface area contributed by atoms with E-state index >= 15 is 0 Å². The highest BCUT2D eigenvalue weighted by Crippen LogP contribution is 2.18. The molecule has 0 aliphatic carbocycles. The minimum atomic E-state index is -0.910. The molecule has 0 aliphatic heterocycles. The average molecular weight is 436 g/mol. The maximum absolute atomic E-state index is 12.8. The lowest BCUT2D eigenvalue weighted by molar-refractivity contribution is 0.0938. The summed E-state index contributed by atoms with van der Waals surface area (Å²) in [5.74, 6) is 1.01. The van der Waals surface area contributed by atoms with E-state index in [0.29, 0.717) is 23.3 Å². The van der Waals surface area contributed by atoms with Gasteiger partial charge in [-0.25, -0.2) is 4.79 Å². The van der Waals surface area contributed by atoms with Crippen LogP contribution >= 0.6 is 11.6 Å². The molecule has 0 fully saturated rings. The third kappa shape index (κ3) is 4.52. The second-order valence-electron chi connectivity index (χ2n) is 7.12. The van der Waals surface area contributed by atoms with Crippen molar-refractivity contribution in [3.8, 4) is 5.75 Å². The SMILES string of the molecule is CCCCNc1nc2c(c(=O)n(C)c(=O)n2C)n1C[C@H](O)COc1ccc(Cl)cc1. The maximum atomic E-state index is 12.8. The summed E-state index contributed by atoms with van der Waals surface area (Å²) in [6, 6.07) is 6.83. The van der Waals surface area contributed by atoms with Gasteiger partial charge in [-0.3, -0.25) is 13.9 Å². The zero-order chi connectivity index (χ0) is 21.8. The van der Waals surface area contributed by atoms with Gasteiger partial charge in [0.05, 0.1) is 6.54 Å². The van der Waals surface area contributed by atoms with E-state index in [1.165, 1.54) is 11.6 Å². The van der Waals surface area contributed by atoms with Crippen LogP contribution < -0.4 is 21.3 Å². The lowest BCUT2D eigenvalue weighted by atomic mass is 10.3. The maximum Gasteiger partial charge on any atom is 0.332 e. The van der Waals surface area contributed by atoms with Crippen molar-refractivity contribution in [1.29, 1.82) is 0 Å². The molecule has 0 radical (unpaired) electrons. The topological polar surface area (TPSA) is 103 Å². The number of anilines is 1. The zero-order valence-electron chi connectivity index (χ0n) is 17.3. The summed E-state index contributed by atoms with van der Waals surface area (Å²) in [6.07, 6.45) is 1.000. The molecule has 10 heteroatoms. The number of halogens is 1. The molecule has 1 aromatic carbocycles. The first-order chi connectivity index (χ1) is 14.3. The number of imidazole rings is 1. The van der Waals surface area contributed by atoms with Crippen LogP contribution in [0.5, 0.6) is 5.75 Å². The summed E-state index contributed by atoms with van der Waals surface area (Å²) < 4.78 is 9.59. The second-order valence-corrected chi connectivity index (χ2v) is 7.56. The van der Waals surface area contributed by atoms with E-state index in [-0.39, 0.29) is 24.3 Å². The Bertz CT molecular complexity index is 1130. The standard InChI is InChI=1S/C20H26ClN5O4/c1-4-5-10-22-19-23-17-16(18(28)25(3)20(29)24(17)2)26(19)11-14(27)12-30-15-8-6-13(21)7-9-15/h6-9,14,27H,4-5,10-12H2,1-3H3,(H,22,23)/t14-/m0/s1. The van der Waals surface area contributed by atoms with E-state index < -0.39 is 17.4 Å². The van der Waals surface area contributed by atoms with Crippen LogP contribution in [0.4, 0.5) is 5.95 Å². The number of hydrogen-bond donors (Lipinski definition) is 2. The normalized spacial score (nSPS) is 12.3. The van der Waals surface area contributed by atoms with Crippen molar-refractivity contribution in [2.75, 3.05) is 18.5 Å². The van der Waals surface area contributed by atoms with Gasteiger partial charge in [0.2, 0.25) is 5.95 Å². The van der Waals surface area contributed by atoms with Crippen LogP contribution in [0.2, 0.25) is 5.02 Å². The predicted octanol–water partition coefficient (Wildman–Crippen LogP) is 1.74. The summed E-state index contributed by atoms with van der Waals surface area (Å²) >= 11 is 5.87. The molecule has 162 valence electrons. The fraction of sp³-hybridized carbons (Fsp3) is 0.450. The fourth-order valence-corrected chi connectivity index (χ4v) is 3.25. The molecule has 9 nitrogen and oxygen atoms in total. The van der Waals surface area contributed by atoms with E-state index in [1.54, 1.807) is 35.9 Å². The number of nitrogens with one attached hydrogen (secondary N) is 1. The number of nitrogens with zero attached hydrogens (tertiary/aromatic N) is 4. The third-order valence-corrected chi connectivity index (χ3v) is 5.06. The van der Waals surface area contributed by atoms with Crippen molar-refractivity contribution in [2.24, 2.45) is 14.1 Å². The first-order valence-electron chi connectivity index (χ1n) is 9.80. The zero-order valence-corrected chi connectivity index (χ0v) is 18.0. The van der Waals surface area contributed by atoms with Crippen molar-refractivity contribution < 1.29 is 9.84 Å². The van der Waals surface area contributed by atoms with Crippen LogP contribution in [0.3, 0.4) is 0 Å². The number of aryl methyl sites for hydroxylation is 1. The fourth-order valence-electron chi connectivity index (χ4n) is 3.12. The molecule has 0 saturated carbocycles. The van der Waals surface area contributed by atoms with Crippen LogP contribution in [0, 0.1) is 0 Å². The number of fused-ring (bicyclic) bond motifs is 1. The van der Waals surface area contributed by atoms with Gasteiger partial charge in [0, 0.05) is 25.7 Å². The smallest absolute Gasteiger partial charge is 0.332 e. The molecule has 30 heavy (non-hydrogen) atoms. The highest BCUT2D eigenvalue weighted by molar-refractivity contribution is 6.30. The van der Waals surface area contributed by atoms with Crippen molar-refractivity contribution in [2.45, 2.75) is 32.4 Å². The van der Waals surface area contributed by atoms with Gasteiger partial charge in [0.15, 0.2) is 11.2 Å². The summed E-state index contributed by atoms with van der Waals surface area (Å²) in [7, 11) is 2.99. The van der Waals surface area contributed by atoms with Crippen molar-refractivity contribution in [3.05, 3.63) is 50.1 Å². The quantitative estimate of drug-likeness (QED) is 0.496. The molecule has 0 amide bonds. The first kappa shape index (κ1) is 21.9. The molecule has 2 N–H and O–H groups in total. The lowest BCUT2D eigenvalue weighted by Gasteiger charge is -2.16. The summed E-state index contributed by atoms with van der Waals surface area (Å²) in [6.45, 7) is 2.82. The number of aliphatic hydroxyl groups excluding tert-OH is 1. The van der Waals surface area contributed by atoms with Gasteiger partial charge in [-0.05, 0) is 30.7 Å². The predicted molar refractivity (Wildman–Crippen MR) is 117 cm³/mol. The molecule has 3 aromatic rings. The average Bonchev–Trinajstić information content (AvgIpc) is 3.08. The Labute approximate surface area is 178 Å². The number of unbranched alkanes of at least 4 members (excludes halogenated alkanes) is 1. The van der Waals surface area contributed by atoms with Crippen molar-refractivity contribution in [1.82, 2.24) is 18.7 Å². The van der Waals surface area contributed by atoms with Crippen LogP contribution in [0.15, 0.2) is 33.9 Å². The molecule has 1 atom stereocenters. The molecule has 0 saturated heterocycles. The molecule has 0 unspecified atom stereocenters. The molecule has 0 spiro atoms. The third-order valence-electron chi connectivity index (χ3n) is 4.81. The van der Waals surface area contributed by atoms with Crippen molar-refractivity contribution >= 4 is 28.7 Å². The number of benzene rings is 1. The van der Waals surface area contributed by atoms with E-state index in [9.17, 15) is 14.7 Å². The largest absolute Gasteiger partial charge is 0.491 e. The summed E-state index contributed by atoms with van der Waals surface area (Å²) in [5, 5.41) is 14.4. The second kappa shape index (κ2) is 9.36. The van der Waals surface area contributed by atoms with Crippen molar-refractivity contribution in [3.63, 3.8) is 0 Å². The number of aromatic nitrogens is 4. The van der Waals surface area contributed by atoms with Crippen LogP contribution in [-0.4, -0.2) is 43.0 Å². The Kier molecular flexibility index (Phi) is 6.84. The molecular weight excluding hydrogens is 410 g/mol. The number of hydrogen-bond acceptors (Lipinski definition) is 6. The molecule has 2 aromatic heterocycles. The van der Waals surface area contributed by atoms with E-state index in [4.69, 9.17) is 16.3 Å². The van der Waals surface area contributed by atoms with Gasteiger partial charge < -0.3 is 19.7 Å².